The molecule has 1 heterocycles. The molecular formula is C15H23NO4. The molecule has 1 aromatic carbocycles. The molecular weight excluding hydrogens is 258 g/mol. The Bertz CT molecular complexity index is 405. The molecule has 3 N–H and O–H groups in total. The molecule has 1 aromatic rings. The summed E-state index contributed by atoms with van der Waals surface area (Å²) in [5, 5.41) is 21.2. The molecule has 0 atom stereocenters. The van der Waals surface area contributed by atoms with Gasteiger partial charge < -0.3 is 20.3 Å². The molecule has 1 aliphatic rings. The zero-order valence-electron chi connectivity index (χ0n) is 11.9. The topological polar surface area (TPSA) is 78.8 Å². The Morgan fingerprint density at radius 2 is 2.00 bits per heavy atom. The minimum Gasteiger partial charge on any atom is -0.507 e. The Hall–Kier alpha value is -1.75. The van der Waals surface area contributed by atoms with Crippen molar-refractivity contribution in [1.29, 1.82) is 0 Å². The number of phenols is 1. The van der Waals surface area contributed by atoms with Gasteiger partial charge in [0, 0.05) is 6.07 Å². The summed E-state index contributed by atoms with van der Waals surface area (Å²) in [7, 11) is 0. The van der Waals surface area contributed by atoms with Gasteiger partial charge in [-0.2, -0.15) is 0 Å². The molecule has 0 radical (unpaired) electrons. The van der Waals surface area contributed by atoms with Crippen LogP contribution in [0.25, 0.3) is 0 Å². The second kappa shape index (κ2) is 9.20. The number of hydrogen-bond acceptors (Lipinski definition) is 4. The van der Waals surface area contributed by atoms with Gasteiger partial charge in [-0.1, -0.05) is 13.3 Å². The summed E-state index contributed by atoms with van der Waals surface area (Å²) in [6.07, 6.45) is 5.08. The highest BCUT2D eigenvalue weighted by atomic mass is 16.5. The van der Waals surface area contributed by atoms with Crippen molar-refractivity contribution in [2.45, 2.75) is 32.6 Å². The van der Waals surface area contributed by atoms with E-state index in [1.54, 1.807) is 0 Å². The molecule has 20 heavy (non-hydrogen) atoms. The van der Waals surface area contributed by atoms with Crippen LogP contribution in [0.5, 0.6) is 11.5 Å². The van der Waals surface area contributed by atoms with Crippen molar-refractivity contribution in [3.63, 3.8) is 0 Å². The second-order valence-corrected chi connectivity index (χ2v) is 4.64. The first-order chi connectivity index (χ1) is 9.65. The number of aromatic hydroxyl groups is 1. The van der Waals surface area contributed by atoms with E-state index in [1.807, 2.05) is 6.92 Å². The lowest BCUT2D eigenvalue weighted by molar-refractivity contribution is 0.0693. The van der Waals surface area contributed by atoms with Gasteiger partial charge in [0.25, 0.3) is 0 Å². The lowest BCUT2D eigenvalue weighted by Gasteiger charge is -2.08. The summed E-state index contributed by atoms with van der Waals surface area (Å²) in [4.78, 5) is 10.5. The van der Waals surface area contributed by atoms with Crippen molar-refractivity contribution >= 4 is 5.97 Å². The van der Waals surface area contributed by atoms with E-state index in [2.05, 4.69) is 5.32 Å². The quantitative estimate of drug-likeness (QED) is 0.790. The van der Waals surface area contributed by atoms with Crippen molar-refractivity contribution in [3.05, 3.63) is 23.8 Å². The molecule has 1 saturated heterocycles. The number of rotatable bonds is 4. The van der Waals surface area contributed by atoms with Crippen molar-refractivity contribution in [1.82, 2.24) is 5.32 Å². The monoisotopic (exact) mass is 281 g/mol. The maximum absolute atomic E-state index is 10.5. The highest BCUT2D eigenvalue weighted by molar-refractivity contribution is 5.90. The van der Waals surface area contributed by atoms with Crippen molar-refractivity contribution in [2.24, 2.45) is 0 Å². The smallest absolute Gasteiger partial charge is 0.339 e. The molecule has 5 heteroatoms. The zero-order valence-corrected chi connectivity index (χ0v) is 11.9. The molecule has 1 fully saturated rings. The van der Waals surface area contributed by atoms with Crippen LogP contribution in [0.3, 0.4) is 0 Å². The first-order valence-electron chi connectivity index (χ1n) is 7.05. The van der Waals surface area contributed by atoms with E-state index in [1.165, 1.54) is 50.6 Å². The molecule has 0 saturated carbocycles. The number of carboxylic acids is 1. The summed E-state index contributed by atoms with van der Waals surface area (Å²) < 4.78 is 5.22. The lowest BCUT2D eigenvalue weighted by atomic mass is 10.2. The Morgan fingerprint density at radius 1 is 1.30 bits per heavy atom. The maximum Gasteiger partial charge on any atom is 0.339 e. The third-order valence-electron chi connectivity index (χ3n) is 2.88. The predicted octanol–water partition coefficient (Wildman–Crippen LogP) is 2.64. The molecule has 0 amide bonds. The summed E-state index contributed by atoms with van der Waals surface area (Å²) in [5.74, 6) is -0.940. The number of carbonyl (C=O) groups is 1. The molecule has 0 unspecified atom stereocenters. The van der Waals surface area contributed by atoms with Crippen LogP contribution < -0.4 is 10.1 Å². The number of carboxylic acid groups (broad SMARTS) is 1. The van der Waals surface area contributed by atoms with Crippen LogP contribution >= 0.6 is 0 Å². The molecule has 2 rings (SSSR count). The Morgan fingerprint density at radius 3 is 2.40 bits per heavy atom. The average molecular weight is 281 g/mol. The zero-order chi connectivity index (χ0) is 14.8. The van der Waals surface area contributed by atoms with E-state index in [0.717, 1.165) is 6.42 Å². The predicted molar refractivity (Wildman–Crippen MR) is 77.6 cm³/mol. The van der Waals surface area contributed by atoms with E-state index in [9.17, 15) is 9.90 Å². The first kappa shape index (κ1) is 16.3. The van der Waals surface area contributed by atoms with Crippen LogP contribution in [0.4, 0.5) is 0 Å². The van der Waals surface area contributed by atoms with E-state index < -0.39 is 5.97 Å². The van der Waals surface area contributed by atoms with Crippen molar-refractivity contribution in [2.75, 3.05) is 19.7 Å². The molecule has 112 valence electrons. The molecule has 0 aromatic heterocycles. The molecule has 1 aliphatic heterocycles. The van der Waals surface area contributed by atoms with Crippen LogP contribution in [0, 0.1) is 0 Å². The minimum absolute atomic E-state index is 0.117. The normalized spacial score (nSPS) is 14.1. The summed E-state index contributed by atoms with van der Waals surface area (Å²) in [6.45, 7) is 5.01. The van der Waals surface area contributed by atoms with E-state index in [0.29, 0.717) is 12.4 Å². The van der Waals surface area contributed by atoms with Gasteiger partial charge in [0.15, 0.2) is 0 Å². The van der Waals surface area contributed by atoms with E-state index in [-0.39, 0.29) is 11.3 Å². The highest BCUT2D eigenvalue weighted by Crippen LogP contribution is 2.23. The average Bonchev–Trinajstić information content (AvgIpc) is 2.47. The number of piperidine rings is 1. The first-order valence-corrected chi connectivity index (χ1v) is 7.05. The standard InChI is InChI=1S/C10H12O4.C5H11N/c1-2-5-14-7-3-4-8(10(12)13)9(11)6-7;1-2-4-6-5-3-1/h3-4,6,11H,2,5H2,1H3,(H,12,13);6H,1-5H2. The third-order valence-corrected chi connectivity index (χ3v) is 2.88. The number of benzene rings is 1. The molecule has 0 bridgehead atoms. The van der Waals surface area contributed by atoms with Crippen LogP contribution in [0.1, 0.15) is 43.0 Å². The number of ether oxygens (including phenoxy) is 1. The van der Waals surface area contributed by atoms with Gasteiger partial charge in [-0.15, -0.1) is 0 Å². The SMILES string of the molecule is C1CCNCC1.CCCOc1ccc(C(=O)O)c(O)c1. The maximum atomic E-state index is 10.5. The van der Waals surface area contributed by atoms with Crippen LogP contribution in [0.2, 0.25) is 0 Å². The van der Waals surface area contributed by atoms with Crippen LogP contribution in [-0.2, 0) is 0 Å². The van der Waals surface area contributed by atoms with Crippen molar-refractivity contribution in [3.8, 4) is 11.5 Å². The Balaban J connectivity index is 0.000000276. The summed E-state index contributed by atoms with van der Waals surface area (Å²) >= 11 is 0. The highest BCUT2D eigenvalue weighted by Gasteiger charge is 2.09. The fourth-order valence-electron chi connectivity index (χ4n) is 1.80. The van der Waals surface area contributed by atoms with Gasteiger partial charge in [-0.3, -0.25) is 0 Å². The van der Waals surface area contributed by atoms with E-state index >= 15 is 0 Å². The number of aromatic carboxylic acids is 1. The van der Waals surface area contributed by atoms with Gasteiger partial charge >= 0.3 is 5.97 Å². The van der Waals surface area contributed by atoms with E-state index in [4.69, 9.17) is 9.84 Å². The van der Waals surface area contributed by atoms with Gasteiger partial charge in [-0.25, -0.2) is 4.79 Å². The molecule has 0 spiro atoms. The third kappa shape index (κ3) is 5.93. The van der Waals surface area contributed by atoms with Crippen molar-refractivity contribution < 1.29 is 19.7 Å². The lowest BCUT2D eigenvalue weighted by Crippen LogP contribution is -2.21. The summed E-state index contributed by atoms with van der Waals surface area (Å²) in [5.41, 5.74) is -0.117. The molecule has 0 aliphatic carbocycles. The van der Waals surface area contributed by atoms with Gasteiger partial charge in [0.2, 0.25) is 0 Å². The van der Waals surface area contributed by atoms with Crippen LogP contribution in [-0.4, -0.2) is 35.9 Å². The number of hydrogen-bond donors (Lipinski definition) is 3. The second-order valence-electron chi connectivity index (χ2n) is 4.64. The number of nitrogens with one attached hydrogen (secondary N) is 1. The Labute approximate surface area is 119 Å². The Kier molecular flexibility index (Phi) is 7.50. The fourth-order valence-corrected chi connectivity index (χ4v) is 1.80. The van der Waals surface area contributed by atoms with Gasteiger partial charge in [0.1, 0.15) is 17.1 Å². The summed E-state index contributed by atoms with van der Waals surface area (Å²) in [6, 6.07) is 4.15. The van der Waals surface area contributed by atoms with Crippen LogP contribution in [0.15, 0.2) is 18.2 Å². The minimum atomic E-state index is -1.15. The fraction of sp³-hybridized carbons (Fsp3) is 0.533. The van der Waals surface area contributed by atoms with Gasteiger partial charge in [-0.05, 0) is 44.5 Å². The molecule has 5 nitrogen and oxygen atoms in total. The van der Waals surface area contributed by atoms with Gasteiger partial charge in [0.05, 0.1) is 6.61 Å². The largest absolute Gasteiger partial charge is 0.507 e.